The zero-order valence-electron chi connectivity index (χ0n) is 18.1. The van der Waals surface area contributed by atoms with Crippen LogP contribution in [0.3, 0.4) is 0 Å². The van der Waals surface area contributed by atoms with Gasteiger partial charge in [0.1, 0.15) is 5.82 Å². The molecule has 1 fully saturated rings. The number of para-hydroxylation sites is 1. The SMILES string of the molecule is O=C(O)c1cccc2nc(C3CC3)n(Cc3ccc(-c4ccccc4-c4nc(=S)o[nH]4)cc3)c12. The number of H-pyrrole nitrogens is 1. The van der Waals surface area contributed by atoms with Crippen molar-refractivity contribution in [2.75, 3.05) is 0 Å². The molecule has 8 heteroatoms. The van der Waals surface area contributed by atoms with Gasteiger partial charge in [-0.2, -0.15) is 4.98 Å². The minimum Gasteiger partial charge on any atom is -0.478 e. The quantitative estimate of drug-likeness (QED) is 0.295. The summed E-state index contributed by atoms with van der Waals surface area (Å²) >= 11 is 5.00. The summed E-state index contributed by atoms with van der Waals surface area (Å²) < 4.78 is 7.19. The van der Waals surface area contributed by atoms with Gasteiger partial charge in [-0.1, -0.05) is 54.6 Å². The maximum atomic E-state index is 11.9. The first kappa shape index (κ1) is 20.6. The van der Waals surface area contributed by atoms with E-state index in [1.54, 1.807) is 12.1 Å². The largest absolute Gasteiger partial charge is 0.478 e. The Morgan fingerprint density at radius 1 is 1.03 bits per heavy atom. The zero-order chi connectivity index (χ0) is 23.2. The summed E-state index contributed by atoms with van der Waals surface area (Å²) in [4.78, 5) is 21.1. The summed E-state index contributed by atoms with van der Waals surface area (Å²) in [5, 5.41) is 12.5. The predicted molar refractivity (Wildman–Crippen MR) is 130 cm³/mol. The molecule has 1 aliphatic rings. The Kier molecular flexibility index (Phi) is 4.88. The van der Waals surface area contributed by atoms with Crippen molar-refractivity contribution in [1.29, 1.82) is 0 Å². The van der Waals surface area contributed by atoms with Crippen molar-refractivity contribution in [3.63, 3.8) is 0 Å². The van der Waals surface area contributed by atoms with Gasteiger partial charge in [-0.15, -0.1) is 0 Å². The third-order valence-corrected chi connectivity index (χ3v) is 6.37. The summed E-state index contributed by atoms with van der Waals surface area (Å²) in [6.07, 6.45) is 2.18. The lowest BCUT2D eigenvalue weighted by atomic mass is 9.98. The third-order valence-electron chi connectivity index (χ3n) is 6.20. The van der Waals surface area contributed by atoms with Crippen molar-refractivity contribution in [1.82, 2.24) is 19.7 Å². The third kappa shape index (κ3) is 3.62. The van der Waals surface area contributed by atoms with Gasteiger partial charge in [-0.3, -0.25) is 0 Å². The molecule has 7 nitrogen and oxygen atoms in total. The molecule has 0 saturated heterocycles. The van der Waals surface area contributed by atoms with Crippen LogP contribution in [0.2, 0.25) is 0 Å². The first-order valence-electron chi connectivity index (χ1n) is 11.0. The lowest BCUT2D eigenvalue weighted by Crippen LogP contribution is -2.07. The van der Waals surface area contributed by atoms with E-state index in [4.69, 9.17) is 21.7 Å². The number of carboxylic acid groups (broad SMARTS) is 1. The van der Waals surface area contributed by atoms with E-state index < -0.39 is 5.97 Å². The normalized spacial score (nSPS) is 13.4. The van der Waals surface area contributed by atoms with Crippen LogP contribution in [-0.4, -0.2) is 30.8 Å². The lowest BCUT2D eigenvalue weighted by molar-refractivity contribution is 0.0698. The van der Waals surface area contributed by atoms with Gasteiger partial charge in [-0.05, 0) is 53.9 Å². The van der Waals surface area contributed by atoms with Gasteiger partial charge < -0.3 is 14.2 Å². The Morgan fingerprint density at radius 2 is 1.79 bits per heavy atom. The highest BCUT2D eigenvalue weighted by molar-refractivity contribution is 7.71. The molecule has 2 aromatic heterocycles. The van der Waals surface area contributed by atoms with Gasteiger partial charge in [0, 0.05) is 18.0 Å². The van der Waals surface area contributed by atoms with E-state index in [2.05, 4.69) is 39.0 Å². The van der Waals surface area contributed by atoms with Gasteiger partial charge in [0.25, 0.3) is 0 Å². The molecule has 0 aliphatic heterocycles. The number of carboxylic acids is 1. The van der Waals surface area contributed by atoms with Crippen molar-refractivity contribution in [3.8, 4) is 22.5 Å². The molecule has 0 bridgehead atoms. The Bertz CT molecular complexity index is 1590. The summed E-state index contributed by atoms with van der Waals surface area (Å²) in [5.41, 5.74) is 5.72. The molecule has 0 radical (unpaired) electrons. The van der Waals surface area contributed by atoms with Crippen LogP contribution in [0.25, 0.3) is 33.5 Å². The van der Waals surface area contributed by atoms with Crippen LogP contribution in [0.15, 0.2) is 71.3 Å². The Hall–Kier alpha value is -4.04. The van der Waals surface area contributed by atoms with Gasteiger partial charge in [0.05, 0.1) is 16.6 Å². The molecule has 0 atom stereocenters. The molecule has 168 valence electrons. The molecular weight excluding hydrogens is 448 g/mol. The van der Waals surface area contributed by atoms with Gasteiger partial charge in [-0.25, -0.2) is 14.9 Å². The number of imidazole rings is 1. The van der Waals surface area contributed by atoms with E-state index in [1.165, 1.54) is 0 Å². The molecule has 1 aliphatic carbocycles. The number of fused-ring (bicyclic) bond motifs is 1. The van der Waals surface area contributed by atoms with Crippen molar-refractivity contribution in [2.45, 2.75) is 25.3 Å². The molecule has 5 aromatic rings. The van der Waals surface area contributed by atoms with Crippen molar-refractivity contribution < 1.29 is 14.4 Å². The van der Waals surface area contributed by atoms with Crippen LogP contribution in [0.5, 0.6) is 0 Å². The van der Waals surface area contributed by atoms with E-state index in [0.717, 1.165) is 46.4 Å². The zero-order valence-corrected chi connectivity index (χ0v) is 18.9. The maximum absolute atomic E-state index is 11.9. The van der Waals surface area contributed by atoms with Crippen LogP contribution in [0, 0.1) is 4.84 Å². The number of carbonyl (C=O) groups is 1. The molecule has 34 heavy (non-hydrogen) atoms. The molecule has 2 N–H and O–H groups in total. The minimum atomic E-state index is -0.937. The molecule has 1 saturated carbocycles. The molecule has 3 aromatic carbocycles. The van der Waals surface area contributed by atoms with Crippen molar-refractivity contribution in [3.05, 3.63) is 88.5 Å². The Labute approximate surface area is 199 Å². The van der Waals surface area contributed by atoms with Gasteiger partial charge in [0.15, 0.2) is 5.82 Å². The van der Waals surface area contributed by atoms with Crippen LogP contribution in [0.1, 0.15) is 40.5 Å². The van der Waals surface area contributed by atoms with Crippen LogP contribution in [-0.2, 0) is 6.54 Å². The molecule has 0 spiro atoms. The number of nitrogens with zero attached hydrogens (tertiary/aromatic N) is 3. The first-order chi connectivity index (χ1) is 16.6. The number of aromatic carboxylic acids is 1. The Morgan fingerprint density at radius 3 is 2.47 bits per heavy atom. The topological polar surface area (TPSA) is 96.9 Å². The van der Waals surface area contributed by atoms with Gasteiger partial charge >= 0.3 is 10.8 Å². The Balaban J connectivity index is 1.38. The monoisotopic (exact) mass is 468 g/mol. The van der Waals surface area contributed by atoms with Crippen molar-refractivity contribution in [2.24, 2.45) is 0 Å². The summed E-state index contributed by atoms with van der Waals surface area (Å²) in [6, 6.07) is 21.5. The average molecular weight is 469 g/mol. The number of aromatic nitrogens is 4. The lowest BCUT2D eigenvalue weighted by Gasteiger charge is -2.12. The van der Waals surface area contributed by atoms with E-state index in [9.17, 15) is 9.90 Å². The molecule has 0 amide bonds. The van der Waals surface area contributed by atoms with E-state index in [0.29, 0.717) is 23.8 Å². The fraction of sp³-hybridized carbons (Fsp3) is 0.154. The summed E-state index contributed by atoms with van der Waals surface area (Å²) in [6.45, 7) is 0.560. The first-order valence-corrected chi connectivity index (χ1v) is 11.5. The number of benzene rings is 3. The van der Waals surface area contributed by atoms with Crippen molar-refractivity contribution >= 4 is 29.2 Å². The maximum Gasteiger partial charge on any atom is 0.337 e. The van der Waals surface area contributed by atoms with E-state index in [-0.39, 0.29) is 10.4 Å². The fourth-order valence-electron chi connectivity index (χ4n) is 4.45. The molecular formula is C26H20N4O3S. The molecule has 2 heterocycles. The van der Waals surface area contributed by atoms with Gasteiger partial charge in [0.2, 0.25) is 0 Å². The second-order valence-electron chi connectivity index (χ2n) is 8.48. The van der Waals surface area contributed by atoms with Crippen LogP contribution < -0.4 is 0 Å². The average Bonchev–Trinajstić information content (AvgIpc) is 3.51. The number of hydrogen-bond acceptors (Lipinski definition) is 5. The van der Waals surface area contributed by atoms with Crippen LogP contribution >= 0.6 is 12.2 Å². The highest BCUT2D eigenvalue weighted by Crippen LogP contribution is 2.41. The number of nitrogens with one attached hydrogen (secondary N) is 1. The van der Waals surface area contributed by atoms with E-state index in [1.807, 2.05) is 30.3 Å². The van der Waals surface area contributed by atoms with Crippen LogP contribution in [0.4, 0.5) is 0 Å². The van der Waals surface area contributed by atoms with E-state index >= 15 is 0 Å². The molecule has 0 unspecified atom stereocenters. The second-order valence-corrected chi connectivity index (χ2v) is 8.83. The smallest absolute Gasteiger partial charge is 0.337 e. The second kappa shape index (κ2) is 8.07. The highest BCUT2D eigenvalue weighted by Gasteiger charge is 2.30. The summed E-state index contributed by atoms with van der Waals surface area (Å²) in [5.74, 6) is 1.02. The number of rotatable bonds is 6. The predicted octanol–water partition coefficient (Wildman–Crippen LogP) is 6.04. The number of hydrogen-bond donors (Lipinski definition) is 2. The standard InChI is InChI=1S/C26H20N4O3S/c31-25(32)20-6-3-7-21-22(20)30(24(27-21)17-12-13-17)14-15-8-10-16(11-9-15)18-4-1-2-5-19(18)23-28-26(34)33-29-23/h1-11,17H,12-14H2,(H,31,32)(H,28,29,34). The number of aromatic amines is 1. The summed E-state index contributed by atoms with van der Waals surface area (Å²) in [7, 11) is 0. The minimum absolute atomic E-state index is 0.167. The molecule has 6 rings (SSSR count). The highest BCUT2D eigenvalue weighted by atomic mass is 32.1. The fourth-order valence-corrected chi connectivity index (χ4v) is 4.58.